The zero-order valence-electron chi connectivity index (χ0n) is 31.3. The summed E-state index contributed by atoms with van der Waals surface area (Å²) in [6.07, 6.45) is 5.28. The molecule has 0 saturated carbocycles. The smallest absolute Gasteiger partial charge is 0.224 e. The first-order valence-corrected chi connectivity index (χ1v) is 19.7. The number of hydrogen-bond donors (Lipinski definition) is 1. The molecule has 0 saturated heterocycles. The van der Waals surface area contributed by atoms with E-state index < -0.39 is 6.29 Å². The summed E-state index contributed by atoms with van der Waals surface area (Å²) >= 11 is 0. The van der Waals surface area contributed by atoms with Crippen LogP contribution in [-0.4, -0.2) is 16.2 Å². The lowest BCUT2D eigenvalue weighted by Gasteiger charge is -2.25. The topological polar surface area (TPSA) is 54.8 Å². The number of amidine groups is 2. The van der Waals surface area contributed by atoms with E-state index in [9.17, 15) is 0 Å². The highest BCUT2D eigenvalue weighted by Gasteiger charge is 2.30. The number of furan rings is 1. The Hall–Kier alpha value is -7.24. The maximum absolute atomic E-state index is 6.86. The van der Waals surface area contributed by atoms with Gasteiger partial charge in [0.05, 0.1) is 16.4 Å². The Labute approximate surface area is 328 Å². The molecule has 8 aromatic carbocycles. The molecule has 1 aliphatic heterocycles. The fourth-order valence-corrected chi connectivity index (χ4v) is 9.56. The minimum absolute atomic E-state index is 0.0721. The third-order valence-corrected chi connectivity index (χ3v) is 12.1. The van der Waals surface area contributed by atoms with Gasteiger partial charge in [-0.1, -0.05) is 152 Å². The summed E-state index contributed by atoms with van der Waals surface area (Å²) in [5, 5.41) is 15.9. The zero-order chi connectivity index (χ0) is 37.6. The average Bonchev–Trinajstić information content (AvgIpc) is 3.83. The van der Waals surface area contributed by atoms with Crippen molar-refractivity contribution in [1.82, 2.24) is 9.88 Å². The van der Waals surface area contributed by atoms with Crippen molar-refractivity contribution < 1.29 is 4.42 Å². The molecule has 57 heavy (non-hydrogen) atoms. The van der Waals surface area contributed by atoms with Crippen molar-refractivity contribution >= 4 is 89.1 Å². The quantitative estimate of drug-likeness (QED) is 0.183. The molecule has 2 aromatic heterocycles. The number of benzene rings is 8. The van der Waals surface area contributed by atoms with Crippen LogP contribution in [0.4, 0.5) is 0 Å². The SMILES string of the molecule is Cc1cccc2c3c(c4ccccc4c12)=CC[C@@H](c1cc2c4ccccc4oc2c2c4ccccc4n(C4N=C(c5ccccc5)NC(c5ccccc5)=N4)c12)C=3. The van der Waals surface area contributed by atoms with Gasteiger partial charge >= 0.3 is 0 Å². The van der Waals surface area contributed by atoms with Crippen molar-refractivity contribution in [1.29, 1.82) is 0 Å². The van der Waals surface area contributed by atoms with E-state index in [1.807, 2.05) is 12.1 Å². The molecule has 0 spiro atoms. The van der Waals surface area contributed by atoms with Gasteiger partial charge in [-0.3, -0.25) is 4.57 Å². The Kier molecular flexibility index (Phi) is 6.96. The summed E-state index contributed by atoms with van der Waals surface area (Å²) in [6, 6.07) is 55.8. The van der Waals surface area contributed by atoms with Gasteiger partial charge in [-0.05, 0) is 74.7 Å². The number of nitrogens with zero attached hydrogens (tertiary/aromatic N) is 3. The number of para-hydroxylation sites is 2. The summed E-state index contributed by atoms with van der Waals surface area (Å²) in [5.74, 6) is 1.64. The highest BCUT2D eigenvalue weighted by atomic mass is 16.3. The Morgan fingerprint density at radius 3 is 1.96 bits per heavy atom. The van der Waals surface area contributed by atoms with Gasteiger partial charge in [-0.15, -0.1) is 0 Å². The van der Waals surface area contributed by atoms with Crippen LogP contribution in [-0.2, 0) is 0 Å². The third-order valence-electron chi connectivity index (χ3n) is 12.1. The Balaban J connectivity index is 1.21. The molecule has 3 heterocycles. The van der Waals surface area contributed by atoms with E-state index in [-0.39, 0.29) is 5.92 Å². The van der Waals surface area contributed by atoms with Crippen molar-refractivity contribution in [2.24, 2.45) is 9.98 Å². The molecule has 0 bridgehead atoms. The number of fused-ring (bicyclic) bond motifs is 13. The minimum atomic E-state index is -0.591. The maximum Gasteiger partial charge on any atom is 0.224 e. The molecule has 12 rings (SSSR count). The Morgan fingerprint density at radius 2 is 1.21 bits per heavy atom. The van der Waals surface area contributed by atoms with E-state index in [4.69, 9.17) is 14.4 Å². The van der Waals surface area contributed by atoms with Crippen molar-refractivity contribution in [2.45, 2.75) is 25.6 Å². The van der Waals surface area contributed by atoms with E-state index in [1.165, 1.54) is 43.1 Å². The average molecular weight is 733 g/mol. The van der Waals surface area contributed by atoms with Gasteiger partial charge in [0.1, 0.15) is 22.8 Å². The second-order valence-electron chi connectivity index (χ2n) is 15.3. The van der Waals surface area contributed by atoms with Crippen molar-refractivity contribution in [3.8, 4) is 0 Å². The van der Waals surface area contributed by atoms with Crippen LogP contribution in [0.1, 0.15) is 40.9 Å². The molecule has 0 fully saturated rings. The first kappa shape index (κ1) is 32.0. The molecule has 5 heteroatoms. The summed E-state index contributed by atoms with van der Waals surface area (Å²) in [5.41, 5.74) is 8.49. The highest BCUT2D eigenvalue weighted by Crippen LogP contribution is 2.46. The number of aliphatic imine (C=N–C) groups is 2. The number of nitrogens with one attached hydrogen (secondary N) is 1. The Bertz CT molecular complexity index is 3430. The fraction of sp³-hybridized carbons (Fsp3) is 0.0769. The van der Waals surface area contributed by atoms with Gasteiger partial charge in [0.2, 0.25) is 6.29 Å². The van der Waals surface area contributed by atoms with Crippen LogP contribution in [0.25, 0.3) is 77.4 Å². The first-order valence-electron chi connectivity index (χ1n) is 19.7. The van der Waals surface area contributed by atoms with Gasteiger partial charge < -0.3 is 9.73 Å². The van der Waals surface area contributed by atoms with E-state index in [0.29, 0.717) is 0 Å². The lowest BCUT2D eigenvalue weighted by Crippen LogP contribution is -2.37. The lowest BCUT2D eigenvalue weighted by atomic mass is 9.85. The molecular weight excluding hydrogens is 697 g/mol. The summed E-state index contributed by atoms with van der Waals surface area (Å²) in [7, 11) is 0. The normalized spacial score (nSPS) is 15.8. The lowest BCUT2D eigenvalue weighted by molar-refractivity contribution is 0.573. The van der Waals surface area contributed by atoms with Crippen molar-refractivity contribution in [3.05, 3.63) is 190 Å². The van der Waals surface area contributed by atoms with Crippen LogP contribution in [0.2, 0.25) is 0 Å². The number of rotatable bonds is 4. The Morgan fingerprint density at radius 1 is 0.579 bits per heavy atom. The minimum Gasteiger partial charge on any atom is -0.455 e. The monoisotopic (exact) mass is 732 g/mol. The van der Waals surface area contributed by atoms with E-state index in [1.54, 1.807) is 0 Å². The predicted octanol–water partition coefficient (Wildman–Crippen LogP) is 11.0. The van der Waals surface area contributed by atoms with Gasteiger partial charge in [0, 0.05) is 33.2 Å². The second kappa shape index (κ2) is 12.4. The van der Waals surface area contributed by atoms with Crippen LogP contribution in [0.3, 0.4) is 0 Å². The molecule has 0 amide bonds. The third kappa shape index (κ3) is 4.82. The molecule has 270 valence electrons. The van der Waals surface area contributed by atoms with Gasteiger partial charge in [0.25, 0.3) is 0 Å². The van der Waals surface area contributed by atoms with E-state index >= 15 is 0 Å². The first-order chi connectivity index (χ1) is 28.2. The number of hydrogen-bond acceptors (Lipinski definition) is 4. The second-order valence-corrected chi connectivity index (χ2v) is 15.3. The van der Waals surface area contributed by atoms with Gasteiger partial charge in [-0.2, -0.15) is 0 Å². The molecule has 2 aliphatic rings. The van der Waals surface area contributed by atoms with E-state index in [2.05, 4.69) is 175 Å². The van der Waals surface area contributed by atoms with Crippen LogP contribution in [0.15, 0.2) is 172 Å². The van der Waals surface area contributed by atoms with Crippen molar-refractivity contribution in [2.75, 3.05) is 0 Å². The predicted molar refractivity (Wildman–Crippen MR) is 237 cm³/mol. The molecule has 1 aliphatic carbocycles. The molecule has 0 radical (unpaired) electrons. The molecule has 0 unspecified atom stereocenters. The summed E-state index contributed by atoms with van der Waals surface area (Å²) < 4.78 is 9.22. The van der Waals surface area contributed by atoms with Gasteiger partial charge in [0.15, 0.2) is 0 Å². The molecular formula is C52H36N4O. The van der Waals surface area contributed by atoms with Gasteiger partial charge in [-0.25, -0.2) is 9.98 Å². The number of aryl methyl sites for hydroxylation is 1. The molecule has 1 atom stereocenters. The van der Waals surface area contributed by atoms with Crippen LogP contribution >= 0.6 is 0 Å². The summed E-state index contributed by atoms with van der Waals surface area (Å²) in [4.78, 5) is 10.9. The maximum atomic E-state index is 6.86. The fourth-order valence-electron chi connectivity index (χ4n) is 9.56. The largest absolute Gasteiger partial charge is 0.455 e. The van der Waals surface area contributed by atoms with Crippen LogP contribution in [0, 0.1) is 6.92 Å². The summed E-state index contributed by atoms with van der Waals surface area (Å²) in [6.45, 7) is 2.23. The highest BCUT2D eigenvalue weighted by molar-refractivity contribution is 6.25. The van der Waals surface area contributed by atoms with Crippen LogP contribution in [0.5, 0.6) is 0 Å². The van der Waals surface area contributed by atoms with Crippen LogP contribution < -0.4 is 15.8 Å². The number of aromatic nitrogens is 1. The van der Waals surface area contributed by atoms with Crippen molar-refractivity contribution in [3.63, 3.8) is 0 Å². The molecule has 1 N–H and O–H groups in total. The molecule has 10 aromatic rings. The van der Waals surface area contributed by atoms with E-state index in [0.717, 1.165) is 73.0 Å². The standard InChI is InChI=1S/C52H36N4O/c1-31-15-14-24-39-42-29-34(27-28-36(42)35-20-8-9-22-38(35)46(31)39)41-30-43-37-21-11-13-26-45(37)57-49(43)47-40-23-10-12-25-44(40)56(48(41)47)52-54-50(32-16-4-2-5-17-32)53-51(55-52)33-18-6-3-7-19-33/h2-26,28-30,34,52H,27H2,1H3,(H,53,54,55)/t34-/m1/s1. The molecule has 5 nitrogen and oxygen atoms in total. The zero-order valence-corrected chi connectivity index (χ0v) is 31.3.